The first-order valence-electron chi connectivity index (χ1n) is 10.8. The van der Waals surface area contributed by atoms with E-state index < -0.39 is 15.8 Å². The van der Waals surface area contributed by atoms with Crippen molar-refractivity contribution in [3.05, 3.63) is 112 Å². The topological polar surface area (TPSA) is 113 Å². The maximum absolute atomic E-state index is 12.8. The highest BCUT2D eigenvalue weighted by Gasteiger charge is 2.16. The van der Waals surface area contributed by atoms with Crippen LogP contribution in [0.25, 0.3) is 11.1 Å². The van der Waals surface area contributed by atoms with Gasteiger partial charge in [0.05, 0.1) is 21.9 Å². The molecule has 0 radical (unpaired) electrons. The summed E-state index contributed by atoms with van der Waals surface area (Å²) in [7, 11) is -3.54. The van der Waals surface area contributed by atoms with Crippen molar-refractivity contribution in [2.24, 2.45) is 0 Å². The average Bonchev–Trinajstić information content (AvgIpc) is 2.85. The molecule has 1 amide bonds. The first-order valence-corrected chi connectivity index (χ1v) is 12.8. The van der Waals surface area contributed by atoms with E-state index in [1.165, 1.54) is 30.3 Å². The quantitative estimate of drug-likeness (QED) is 0.326. The summed E-state index contributed by atoms with van der Waals surface area (Å²) in [5.41, 5.74) is 3.19. The SMILES string of the molecule is Cc1ncc(-c2cccc(C(=O)Nc3ccc(CS(=O)(=O)c4ccc(Cl)cc4)cc3)c2)cc1C(=O)O. The molecule has 0 unspecified atom stereocenters. The molecule has 0 aliphatic heterocycles. The number of carbonyl (C=O) groups is 2. The second-order valence-corrected chi connectivity index (χ2v) is 10.5. The van der Waals surface area contributed by atoms with Gasteiger partial charge in [-0.15, -0.1) is 0 Å². The Morgan fingerprint density at radius 3 is 2.31 bits per heavy atom. The fraction of sp³-hybridized carbons (Fsp3) is 0.0741. The Hall–Kier alpha value is -4.01. The number of carboxylic acids is 1. The third kappa shape index (κ3) is 5.79. The molecule has 9 heteroatoms. The molecule has 0 atom stereocenters. The number of halogens is 1. The van der Waals surface area contributed by atoms with Crippen molar-refractivity contribution < 1.29 is 23.1 Å². The molecule has 4 rings (SSSR count). The normalized spacial score (nSPS) is 11.2. The van der Waals surface area contributed by atoms with Crippen LogP contribution in [-0.2, 0) is 15.6 Å². The number of aromatic nitrogens is 1. The van der Waals surface area contributed by atoms with Gasteiger partial charge in [-0.3, -0.25) is 9.78 Å². The van der Waals surface area contributed by atoms with Gasteiger partial charge < -0.3 is 10.4 Å². The number of nitrogens with zero attached hydrogens (tertiary/aromatic N) is 1. The summed E-state index contributed by atoms with van der Waals surface area (Å²) in [5, 5.41) is 12.6. The summed E-state index contributed by atoms with van der Waals surface area (Å²) in [6.07, 6.45) is 1.57. The molecule has 182 valence electrons. The van der Waals surface area contributed by atoms with Gasteiger partial charge in [0, 0.05) is 28.0 Å². The minimum atomic E-state index is -3.54. The van der Waals surface area contributed by atoms with E-state index in [0.29, 0.717) is 38.7 Å². The Kier molecular flexibility index (Phi) is 7.19. The van der Waals surface area contributed by atoms with Crippen molar-refractivity contribution in [3.8, 4) is 11.1 Å². The van der Waals surface area contributed by atoms with Gasteiger partial charge in [-0.1, -0.05) is 35.9 Å². The Labute approximate surface area is 213 Å². The molecule has 0 saturated heterocycles. The number of rotatable bonds is 7. The molecule has 36 heavy (non-hydrogen) atoms. The summed E-state index contributed by atoms with van der Waals surface area (Å²) in [6, 6.07) is 20.9. The molecule has 4 aromatic rings. The van der Waals surface area contributed by atoms with E-state index in [1.807, 2.05) is 0 Å². The Bertz CT molecular complexity index is 1550. The number of aryl methyl sites for hydroxylation is 1. The molecule has 0 saturated carbocycles. The summed E-state index contributed by atoms with van der Waals surface area (Å²) in [6.45, 7) is 1.62. The lowest BCUT2D eigenvalue weighted by atomic mass is 10.0. The van der Waals surface area contributed by atoms with Crippen molar-refractivity contribution in [2.45, 2.75) is 17.6 Å². The highest BCUT2D eigenvalue weighted by molar-refractivity contribution is 7.90. The molecule has 1 aromatic heterocycles. The van der Waals surface area contributed by atoms with Gasteiger partial charge in [-0.25, -0.2) is 13.2 Å². The fourth-order valence-corrected chi connectivity index (χ4v) is 5.05. The predicted octanol–water partition coefficient (Wildman–Crippen LogP) is 5.63. The largest absolute Gasteiger partial charge is 0.478 e. The average molecular weight is 521 g/mol. The van der Waals surface area contributed by atoms with Crippen molar-refractivity contribution in [1.29, 1.82) is 0 Å². The first-order chi connectivity index (χ1) is 17.1. The summed E-state index contributed by atoms with van der Waals surface area (Å²) in [5.74, 6) is -1.62. The van der Waals surface area contributed by atoms with Crippen LogP contribution >= 0.6 is 11.6 Å². The van der Waals surface area contributed by atoms with Crippen LogP contribution < -0.4 is 5.32 Å². The Morgan fingerprint density at radius 1 is 0.944 bits per heavy atom. The van der Waals surface area contributed by atoms with E-state index in [1.54, 1.807) is 61.7 Å². The number of benzene rings is 3. The zero-order valence-corrected chi connectivity index (χ0v) is 20.7. The number of sulfone groups is 1. The number of anilines is 1. The van der Waals surface area contributed by atoms with Crippen LogP contribution in [0.5, 0.6) is 0 Å². The maximum Gasteiger partial charge on any atom is 0.337 e. The Balaban J connectivity index is 1.47. The zero-order chi connectivity index (χ0) is 25.9. The predicted molar refractivity (Wildman–Crippen MR) is 138 cm³/mol. The smallest absolute Gasteiger partial charge is 0.337 e. The lowest BCUT2D eigenvalue weighted by Crippen LogP contribution is -2.12. The molecular weight excluding hydrogens is 500 g/mol. The number of hydrogen-bond donors (Lipinski definition) is 2. The molecule has 0 spiro atoms. The third-order valence-corrected chi connectivity index (χ3v) is 7.47. The molecular formula is C27H21ClN2O5S. The van der Waals surface area contributed by atoms with Crippen LogP contribution in [0.2, 0.25) is 5.02 Å². The monoisotopic (exact) mass is 520 g/mol. The summed E-state index contributed by atoms with van der Waals surface area (Å²) in [4.78, 5) is 28.6. The van der Waals surface area contributed by atoms with E-state index in [2.05, 4.69) is 10.3 Å². The number of nitrogens with one attached hydrogen (secondary N) is 1. The molecule has 1 heterocycles. The second kappa shape index (κ2) is 10.3. The lowest BCUT2D eigenvalue weighted by molar-refractivity contribution is 0.0695. The molecule has 0 aliphatic rings. The van der Waals surface area contributed by atoms with E-state index >= 15 is 0 Å². The van der Waals surface area contributed by atoms with Gasteiger partial charge in [0.1, 0.15) is 0 Å². The number of amides is 1. The van der Waals surface area contributed by atoms with Gasteiger partial charge in [0.2, 0.25) is 0 Å². The third-order valence-electron chi connectivity index (χ3n) is 5.52. The van der Waals surface area contributed by atoms with Crippen LogP contribution in [0.15, 0.2) is 90.0 Å². The van der Waals surface area contributed by atoms with Gasteiger partial charge in [-0.05, 0) is 72.6 Å². The van der Waals surface area contributed by atoms with E-state index in [9.17, 15) is 23.1 Å². The number of carbonyl (C=O) groups excluding carboxylic acids is 1. The van der Waals surface area contributed by atoms with Crippen LogP contribution in [0, 0.1) is 6.92 Å². The van der Waals surface area contributed by atoms with E-state index in [4.69, 9.17) is 11.6 Å². The molecule has 0 bridgehead atoms. The van der Waals surface area contributed by atoms with E-state index in [0.717, 1.165) is 0 Å². The lowest BCUT2D eigenvalue weighted by Gasteiger charge is -2.10. The van der Waals surface area contributed by atoms with Crippen LogP contribution in [-0.4, -0.2) is 30.4 Å². The molecule has 0 fully saturated rings. The minimum absolute atomic E-state index is 0.0977. The van der Waals surface area contributed by atoms with Gasteiger partial charge in [-0.2, -0.15) is 0 Å². The number of hydrogen-bond acceptors (Lipinski definition) is 5. The van der Waals surface area contributed by atoms with Crippen molar-refractivity contribution in [3.63, 3.8) is 0 Å². The molecule has 3 aromatic carbocycles. The van der Waals surface area contributed by atoms with Crippen LogP contribution in [0.3, 0.4) is 0 Å². The number of pyridine rings is 1. The fourth-order valence-electron chi connectivity index (χ4n) is 3.58. The highest BCUT2D eigenvalue weighted by Crippen LogP contribution is 2.24. The molecule has 7 nitrogen and oxygen atoms in total. The maximum atomic E-state index is 12.8. The van der Waals surface area contributed by atoms with Gasteiger partial charge in [0.25, 0.3) is 5.91 Å². The minimum Gasteiger partial charge on any atom is -0.478 e. The van der Waals surface area contributed by atoms with Crippen molar-refractivity contribution >= 4 is 39.0 Å². The Morgan fingerprint density at radius 2 is 1.64 bits per heavy atom. The van der Waals surface area contributed by atoms with Gasteiger partial charge >= 0.3 is 5.97 Å². The highest BCUT2D eigenvalue weighted by atomic mass is 35.5. The molecule has 2 N–H and O–H groups in total. The van der Waals surface area contributed by atoms with E-state index in [-0.39, 0.29) is 22.1 Å². The summed E-state index contributed by atoms with van der Waals surface area (Å²) < 4.78 is 25.3. The van der Waals surface area contributed by atoms with Crippen LogP contribution in [0.1, 0.15) is 32.0 Å². The number of carboxylic acid groups (broad SMARTS) is 1. The molecule has 0 aliphatic carbocycles. The van der Waals surface area contributed by atoms with Crippen LogP contribution in [0.4, 0.5) is 5.69 Å². The second-order valence-electron chi connectivity index (χ2n) is 8.11. The standard InChI is InChI=1S/C27H21ClN2O5S/c1-17-25(27(32)33)14-21(15-29-17)19-3-2-4-20(13-19)26(31)30-23-9-5-18(6-10-23)16-36(34,35)24-11-7-22(28)8-12-24/h2-15H,16H2,1H3,(H,30,31)(H,32,33). The zero-order valence-electron chi connectivity index (χ0n) is 19.1. The van der Waals surface area contributed by atoms with Gasteiger partial charge in [0.15, 0.2) is 9.84 Å². The van der Waals surface area contributed by atoms with Crippen molar-refractivity contribution in [1.82, 2.24) is 4.98 Å². The number of aromatic carboxylic acids is 1. The summed E-state index contributed by atoms with van der Waals surface area (Å²) >= 11 is 5.83. The first kappa shape index (κ1) is 25.1. The van der Waals surface area contributed by atoms with Crippen molar-refractivity contribution in [2.75, 3.05) is 5.32 Å².